The molecule has 108 valence electrons. The fraction of sp³-hybridized carbons (Fsp3) is 0.333. The molecule has 6 nitrogen and oxygen atoms in total. The number of anilines is 1. The average Bonchev–Trinajstić information content (AvgIpc) is 2.55. The normalized spacial score (nSPS) is 15.1. The van der Waals surface area contributed by atoms with Crippen molar-refractivity contribution in [3.8, 4) is 0 Å². The molecule has 0 aromatic carbocycles. The first kappa shape index (κ1) is 13.5. The molecule has 1 aliphatic rings. The SMILES string of the molecule is Cc1cc(N2CCN(C(=O)c3ccccn3)CC2)ncn1. The zero-order chi connectivity index (χ0) is 14.7. The fourth-order valence-electron chi connectivity index (χ4n) is 2.40. The molecule has 0 atom stereocenters. The highest BCUT2D eigenvalue weighted by Gasteiger charge is 2.23. The van der Waals surface area contributed by atoms with Crippen LogP contribution in [0.5, 0.6) is 0 Å². The zero-order valence-corrected chi connectivity index (χ0v) is 11.9. The fourth-order valence-corrected chi connectivity index (χ4v) is 2.40. The van der Waals surface area contributed by atoms with Crippen LogP contribution < -0.4 is 4.90 Å². The molecule has 0 bridgehead atoms. The van der Waals surface area contributed by atoms with Crippen molar-refractivity contribution in [2.24, 2.45) is 0 Å². The second-order valence-electron chi connectivity index (χ2n) is 5.01. The number of rotatable bonds is 2. The van der Waals surface area contributed by atoms with Gasteiger partial charge in [-0.1, -0.05) is 6.07 Å². The van der Waals surface area contributed by atoms with Gasteiger partial charge >= 0.3 is 0 Å². The maximum absolute atomic E-state index is 12.3. The van der Waals surface area contributed by atoms with Crippen LogP contribution in [-0.4, -0.2) is 51.9 Å². The molecule has 1 fully saturated rings. The standard InChI is InChI=1S/C15H17N5O/c1-12-10-14(18-11-17-12)19-6-8-20(9-7-19)15(21)13-4-2-3-5-16-13/h2-5,10-11H,6-9H2,1H3. The van der Waals surface area contributed by atoms with Crippen molar-refractivity contribution in [2.75, 3.05) is 31.1 Å². The minimum atomic E-state index is -0.00545. The summed E-state index contributed by atoms with van der Waals surface area (Å²) in [6.07, 6.45) is 3.23. The van der Waals surface area contributed by atoms with Crippen molar-refractivity contribution < 1.29 is 4.79 Å². The molecule has 3 rings (SSSR count). The lowest BCUT2D eigenvalue weighted by molar-refractivity contribution is 0.0740. The summed E-state index contributed by atoms with van der Waals surface area (Å²) in [5.74, 6) is 0.918. The number of aromatic nitrogens is 3. The molecule has 1 aliphatic heterocycles. The summed E-state index contributed by atoms with van der Waals surface area (Å²) >= 11 is 0. The van der Waals surface area contributed by atoms with Crippen molar-refractivity contribution in [3.63, 3.8) is 0 Å². The van der Waals surface area contributed by atoms with Gasteiger partial charge in [-0.3, -0.25) is 9.78 Å². The molecule has 21 heavy (non-hydrogen) atoms. The third kappa shape index (κ3) is 2.99. The lowest BCUT2D eigenvalue weighted by atomic mass is 10.2. The number of carbonyl (C=O) groups is 1. The first-order valence-electron chi connectivity index (χ1n) is 6.98. The van der Waals surface area contributed by atoms with Crippen molar-refractivity contribution in [1.29, 1.82) is 0 Å². The number of piperazine rings is 1. The predicted octanol–water partition coefficient (Wildman–Crippen LogP) is 1.14. The topological polar surface area (TPSA) is 62.2 Å². The summed E-state index contributed by atoms with van der Waals surface area (Å²) < 4.78 is 0. The van der Waals surface area contributed by atoms with Gasteiger partial charge in [-0.15, -0.1) is 0 Å². The van der Waals surface area contributed by atoms with Crippen LogP contribution in [0.15, 0.2) is 36.8 Å². The number of pyridine rings is 1. The van der Waals surface area contributed by atoms with E-state index in [1.807, 2.05) is 30.0 Å². The average molecular weight is 283 g/mol. The molecular weight excluding hydrogens is 266 g/mol. The van der Waals surface area contributed by atoms with E-state index >= 15 is 0 Å². The van der Waals surface area contributed by atoms with E-state index in [0.29, 0.717) is 18.8 Å². The molecular formula is C15H17N5O. The summed E-state index contributed by atoms with van der Waals surface area (Å²) in [5.41, 5.74) is 1.45. The van der Waals surface area contributed by atoms with Crippen LogP contribution in [0.1, 0.15) is 16.2 Å². The van der Waals surface area contributed by atoms with Crippen LogP contribution in [0, 0.1) is 6.92 Å². The van der Waals surface area contributed by atoms with E-state index in [0.717, 1.165) is 24.6 Å². The zero-order valence-electron chi connectivity index (χ0n) is 11.9. The second kappa shape index (κ2) is 5.87. The molecule has 0 spiro atoms. The Morgan fingerprint density at radius 3 is 2.57 bits per heavy atom. The Labute approximate surface area is 123 Å². The van der Waals surface area contributed by atoms with Crippen LogP contribution in [0.2, 0.25) is 0 Å². The van der Waals surface area contributed by atoms with Gasteiger partial charge in [0.25, 0.3) is 5.91 Å². The molecule has 0 unspecified atom stereocenters. The van der Waals surface area contributed by atoms with E-state index in [2.05, 4.69) is 19.9 Å². The molecule has 2 aromatic heterocycles. The lowest BCUT2D eigenvalue weighted by Crippen LogP contribution is -2.49. The maximum Gasteiger partial charge on any atom is 0.272 e. The number of hydrogen-bond donors (Lipinski definition) is 0. The summed E-state index contributed by atoms with van der Waals surface area (Å²) in [7, 11) is 0. The van der Waals surface area contributed by atoms with Gasteiger partial charge in [0.15, 0.2) is 0 Å². The van der Waals surface area contributed by atoms with Crippen LogP contribution in [0.3, 0.4) is 0 Å². The number of nitrogens with zero attached hydrogens (tertiary/aromatic N) is 5. The molecule has 6 heteroatoms. The lowest BCUT2D eigenvalue weighted by Gasteiger charge is -2.35. The summed E-state index contributed by atoms with van der Waals surface area (Å²) in [4.78, 5) is 28.8. The van der Waals surface area contributed by atoms with E-state index in [-0.39, 0.29) is 5.91 Å². The van der Waals surface area contributed by atoms with Gasteiger partial charge < -0.3 is 9.80 Å². The molecule has 0 saturated carbocycles. The molecule has 1 saturated heterocycles. The summed E-state index contributed by atoms with van der Waals surface area (Å²) in [5, 5.41) is 0. The molecule has 2 aromatic rings. The van der Waals surface area contributed by atoms with Crippen LogP contribution in [-0.2, 0) is 0 Å². The highest BCUT2D eigenvalue weighted by molar-refractivity contribution is 5.92. The van der Waals surface area contributed by atoms with Gasteiger partial charge in [-0.25, -0.2) is 9.97 Å². The van der Waals surface area contributed by atoms with Gasteiger partial charge in [-0.05, 0) is 19.1 Å². The molecule has 3 heterocycles. The van der Waals surface area contributed by atoms with Gasteiger partial charge in [-0.2, -0.15) is 0 Å². The number of carbonyl (C=O) groups excluding carboxylic acids is 1. The third-order valence-corrected chi connectivity index (χ3v) is 3.56. The van der Waals surface area contributed by atoms with E-state index in [1.165, 1.54) is 0 Å². The van der Waals surface area contributed by atoms with Gasteiger partial charge in [0.1, 0.15) is 17.8 Å². The van der Waals surface area contributed by atoms with E-state index in [9.17, 15) is 4.79 Å². The third-order valence-electron chi connectivity index (χ3n) is 3.56. The quantitative estimate of drug-likeness (QED) is 0.827. The highest BCUT2D eigenvalue weighted by atomic mass is 16.2. The minimum absolute atomic E-state index is 0.00545. The van der Waals surface area contributed by atoms with E-state index < -0.39 is 0 Å². The van der Waals surface area contributed by atoms with E-state index in [4.69, 9.17) is 0 Å². The van der Waals surface area contributed by atoms with Gasteiger partial charge in [0.2, 0.25) is 0 Å². The van der Waals surface area contributed by atoms with E-state index in [1.54, 1.807) is 18.6 Å². The Morgan fingerprint density at radius 2 is 1.90 bits per heavy atom. The molecule has 0 aliphatic carbocycles. The Morgan fingerprint density at radius 1 is 1.10 bits per heavy atom. The van der Waals surface area contributed by atoms with Crippen LogP contribution in [0.25, 0.3) is 0 Å². The number of hydrogen-bond acceptors (Lipinski definition) is 5. The Balaban J connectivity index is 1.64. The Hall–Kier alpha value is -2.50. The molecule has 0 radical (unpaired) electrons. The van der Waals surface area contributed by atoms with Gasteiger partial charge in [0, 0.05) is 44.1 Å². The Bertz CT molecular complexity index is 623. The van der Waals surface area contributed by atoms with Crippen LogP contribution >= 0.6 is 0 Å². The number of aryl methyl sites for hydroxylation is 1. The largest absolute Gasteiger partial charge is 0.353 e. The first-order valence-corrected chi connectivity index (χ1v) is 6.98. The Kier molecular flexibility index (Phi) is 3.77. The highest BCUT2D eigenvalue weighted by Crippen LogP contribution is 2.14. The number of amides is 1. The van der Waals surface area contributed by atoms with Crippen molar-refractivity contribution in [1.82, 2.24) is 19.9 Å². The first-order chi connectivity index (χ1) is 10.2. The van der Waals surface area contributed by atoms with Crippen molar-refractivity contribution in [3.05, 3.63) is 48.2 Å². The second-order valence-corrected chi connectivity index (χ2v) is 5.01. The predicted molar refractivity (Wildman–Crippen MR) is 79.1 cm³/mol. The summed E-state index contributed by atoms with van der Waals surface area (Å²) in [6.45, 7) is 4.85. The van der Waals surface area contributed by atoms with Crippen molar-refractivity contribution >= 4 is 11.7 Å². The van der Waals surface area contributed by atoms with Crippen molar-refractivity contribution in [2.45, 2.75) is 6.92 Å². The maximum atomic E-state index is 12.3. The van der Waals surface area contributed by atoms with Crippen LogP contribution in [0.4, 0.5) is 5.82 Å². The smallest absolute Gasteiger partial charge is 0.272 e. The molecule has 1 amide bonds. The monoisotopic (exact) mass is 283 g/mol. The summed E-state index contributed by atoms with van der Waals surface area (Å²) in [6, 6.07) is 7.37. The van der Waals surface area contributed by atoms with Gasteiger partial charge in [0.05, 0.1) is 0 Å². The minimum Gasteiger partial charge on any atom is -0.353 e. The molecule has 0 N–H and O–H groups in total.